The highest BCUT2D eigenvalue weighted by Crippen LogP contribution is 2.34. The smallest absolute Gasteiger partial charge is 0.410 e. The Morgan fingerprint density at radius 2 is 2.00 bits per heavy atom. The highest BCUT2D eigenvalue weighted by atomic mass is 35.5. The van der Waals surface area contributed by atoms with E-state index in [2.05, 4.69) is 4.98 Å². The Bertz CT molecular complexity index is 915. The van der Waals surface area contributed by atoms with Crippen LogP contribution in [-0.4, -0.2) is 52.0 Å². The van der Waals surface area contributed by atoms with Gasteiger partial charge in [0.05, 0.1) is 13.1 Å². The van der Waals surface area contributed by atoms with Gasteiger partial charge in [-0.3, -0.25) is 9.69 Å². The van der Waals surface area contributed by atoms with Crippen molar-refractivity contribution < 1.29 is 18.7 Å². The topological polar surface area (TPSA) is 62.7 Å². The maximum Gasteiger partial charge on any atom is 0.410 e. The van der Waals surface area contributed by atoms with Gasteiger partial charge in [0.1, 0.15) is 16.6 Å². The summed E-state index contributed by atoms with van der Waals surface area (Å²) in [6.45, 7) is 1.51. The predicted molar refractivity (Wildman–Crippen MR) is 100 cm³/mol. The maximum atomic E-state index is 13.9. The van der Waals surface area contributed by atoms with Gasteiger partial charge in [0, 0.05) is 43.3 Å². The van der Waals surface area contributed by atoms with Gasteiger partial charge in [0.25, 0.3) is 5.91 Å². The number of pyridine rings is 1. The summed E-state index contributed by atoms with van der Waals surface area (Å²) in [4.78, 5) is 32.1. The second-order valence-corrected chi connectivity index (χ2v) is 7.55. The van der Waals surface area contributed by atoms with E-state index >= 15 is 0 Å². The summed E-state index contributed by atoms with van der Waals surface area (Å²) < 4.78 is 19.6. The van der Waals surface area contributed by atoms with Crippen molar-refractivity contribution in [2.45, 2.75) is 25.0 Å². The van der Waals surface area contributed by atoms with E-state index in [1.165, 1.54) is 17.2 Å². The number of amides is 2. The number of likely N-dealkylation sites (tertiary alicyclic amines) is 1. The molecule has 3 heterocycles. The van der Waals surface area contributed by atoms with Crippen LogP contribution in [0.4, 0.5) is 9.18 Å². The fraction of sp³-hybridized carbons (Fsp3) is 0.350. The first-order chi connectivity index (χ1) is 13.5. The number of hydrogen-bond acceptors (Lipinski definition) is 4. The summed E-state index contributed by atoms with van der Waals surface area (Å²) in [7, 11) is 0. The number of carbonyl (C=O) groups excluding carboxylic acids is 2. The molecule has 0 aliphatic carbocycles. The van der Waals surface area contributed by atoms with Crippen molar-refractivity contribution in [2.75, 3.05) is 19.6 Å². The first-order valence-corrected chi connectivity index (χ1v) is 9.46. The van der Waals surface area contributed by atoms with Crippen LogP contribution in [0.2, 0.25) is 5.15 Å². The zero-order valence-corrected chi connectivity index (χ0v) is 15.9. The van der Waals surface area contributed by atoms with Crippen molar-refractivity contribution in [1.82, 2.24) is 14.8 Å². The van der Waals surface area contributed by atoms with Crippen molar-refractivity contribution in [3.63, 3.8) is 0 Å². The van der Waals surface area contributed by atoms with Crippen molar-refractivity contribution in [2.24, 2.45) is 0 Å². The van der Waals surface area contributed by atoms with Crippen LogP contribution in [0.5, 0.6) is 0 Å². The third kappa shape index (κ3) is 3.67. The van der Waals surface area contributed by atoms with Gasteiger partial charge in [-0.1, -0.05) is 29.8 Å². The minimum atomic E-state index is -0.630. The molecule has 2 aliphatic heterocycles. The third-order valence-corrected chi connectivity index (χ3v) is 5.50. The van der Waals surface area contributed by atoms with Gasteiger partial charge in [-0.15, -0.1) is 0 Å². The number of hydrogen-bond donors (Lipinski definition) is 0. The summed E-state index contributed by atoms with van der Waals surface area (Å²) in [5.74, 6) is -0.459. The SMILES string of the molecule is O=C1OC2(CCN(C(=O)c3ccnc(Cl)c3)CC2)CN1Cc1ccccc1F. The lowest BCUT2D eigenvalue weighted by Gasteiger charge is -2.37. The van der Waals surface area contributed by atoms with Gasteiger partial charge in [-0.2, -0.15) is 0 Å². The van der Waals surface area contributed by atoms with E-state index in [9.17, 15) is 14.0 Å². The fourth-order valence-corrected chi connectivity index (χ4v) is 3.92. The molecular weight excluding hydrogens is 385 g/mol. The number of nitrogens with zero attached hydrogens (tertiary/aromatic N) is 3. The Balaban J connectivity index is 1.40. The molecule has 0 N–H and O–H groups in total. The second kappa shape index (κ2) is 7.39. The van der Waals surface area contributed by atoms with Crippen molar-refractivity contribution in [1.29, 1.82) is 0 Å². The van der Waals surface area contributed by atoms with Crippen LogP contribution in [0, 0.1) is 5.82 Å². The van der Waals surface area contributed by atoms with E-state index < -0.39 is 11.7 Å². The molecule has 0 saturated carbocycles. The molecule has 0 radical (unpaired) electrons. The Morgan fingerprint density at radius 1 is 1.25 bits per heavy atom. The van der Waals surface area contributed by atoms with Gasteiger partial charge < -0.3 is 9.64 Å². The lowest BCUT2D eigenvalue weighted by atomic mass is 9.91. The van der Waals surface area contributed by atoms with E-state index in [0.29, 0.717) is 43.6 Å². The molecule has 4 rings (SSSR count). The Labute approximate surface area is 166 Å². The standard InChI is InChI=1S/C20H19ClFN3O3/c21-17-11-14(5-8-23-17)18(26)24-9-6-20(7-10-24)13-25(19(27)28-20)12-15-3-1-2-4-16(15)22/h1-5,8,11H,6-7,9-10,12-13H2. The molecule has 1 aromatic carbocycles. The van der Waals surface area contributed by atoms with Crippen molar-refractivity contribution >= 4 is 23.6 Å². The van der Waals surface area contributed by atoms with Crippen LogP contribution in [0.1, 0.15) is 28.8 Å². The Hall–Kier alpha value is -2.67. The average Bonchev–Trinajstić information content (AvgIpc) is 2.98. The molecule has 28 heavy (non-hydrogen) atoms. The molecule has 6 nitrogen and oxygen atoms in total. The molecule has 0 atom stereocenters. The number of benzene rings is 1. The van der Waals surface area contributed by atoms with E-state index in [4.69, 9.17) is 16.3 Å². The summed E-state index contributed by atoms with van der Waals surface area (Å²) in [6, 6.07) is 9.57. The van der Waals surface area contributed by atoms with Gasteiger partial charge in [0.2, 0.25) is 0 Å². The van der Waals surface area contributed by atoms with Crippen LogP contribution in [0.3, 0.4) is 0 Å². The summed E-state index contributed by atoms with van der Waals surface area (Å²) in [6.07, 6.45) is 2.14. The van der Waals surface area contributed by atoms with E-state index in [0.717, 1.165) is 0 Å². The molecule has 0 bridgehead atoms. The highest BCUT2D eigenvalue weighted by molar-refractivity contribution is 6.29. The molecule has 146 valence electrons. The van der Waals surface area contributed by atoms with Gasteiger partial charge in [0.15, 0.2) is 0 Å². The van der Waals surface area contributed by atoms with Crippen molar-refractivity contribution in [3.05, 3.63) is 64.7 Å². The molecule has 1 aromatic heterocycles. The largest absolute Gasteiger partial charge is 0.441 e. The van der Waals surface area contributed by atoms with Crippen LogP contribution >= 0.6 is 11.6 Å². The first kappa shape index (κ1) is 18.7. The minimum absolute atomic E-state index is 0.119. The molecule has 2 aromatic rings. The summed E-state index contributed by atoms with van der Waals surface area (Å²) in [5.41, 5.74) is 0.314. The second-order valence-electron chi connectivity index (χ2n) is 7.16. The quantitative estimate of drug-likeness (QED) is 0.736. The number of rotatable bonds is 3. The fourth-order valence-electron chi connectivity index (χ4n) is 3.74. The minimum Gasteiger partial charge on any atom is -0.441 e. The molecule has 2 fully saturated rings. The average molecular weight is 404 g/mol. The van der Waals surface area contributed by atoms with Gasteiger partial charge in [-0.05, 0) is 18.2 Å². The molecule has 2 amide bonds. The lowest BCUT2D eigenvalue weighted by Crippen LogP contribution is -2.48. The van der Waals surface area contributed by atoms with Crippen LogP contribution in [0.25, 0.3) is 0 Å². The van der Waals surface area contributed by atoms with E-state index in [-0.39, 0.29) is 23.4 Å². The maximum absolute atomic E-state index is 13.9. The summed E-state index contributed by atoms with van der Waals surface area (Å²) >= 11 is 5.86. The lowest BCUT2D eigenvalue weighted by molar-refractivity contribution is 0.00312. The van der Waals surface area contributed by atoms with Gasteiger partial charge in [-0.25, -0.2) is 14.2 Å². The number of carbonyl (C=O) groups is 2. The number of halogens is 2. The zero-order valence-electron chi connectivity index (χ0n) is 15.1. The highest BCUT2D eigenvalue weighted by Gasteiger charge is 2.47. The monoisotopic (exact) mass is 403 g/mol. The molecule has 8 heteroatoms. The Kier molecular flexibility index (Phi) is 4.93. The molecule has 0 unspecified atom stereocenters. The molecule has 2 aliphatic rings. The summed E-state index contributed by atoms with van der Waals surface area (Å²) in [5, 5.41) is 0.271. The number of aromatic nitrogens is 1. The molecular formula is C20H19ClFN3O3. The van der Waals surface area contributed by atoms with E-state index in [1.807, 2.05) is 0 Å². The van der Waals surface area contributed by atoms with Crippen LogP contribution in [0.15, 0.2) is 42.6 Å². The van der Waals surface area contributed by atoms with Crippen molar-refractivity contribution in [3.8, 4) is 0 Å². The number of piperidine rings is 1. The third-order valence-electron chi connectivity index (χ3n) is 5.30. The van der Waals surface area contributed by atoms with Gasteiger partial charge >= 0.3 is 6.09 Å². The zero-order chi connectivity index (χ0) is 19.7. The first-order valence-electron chi connectivity index (χ1n) is 9.08. The van der Waals surface area contributed by atoms with E-state index in [1.54, 1.807) is 35.2 Å². The predicted octanol–water partition coefficient (Wildman–Crippen LogP) is 3.50. The van der Waals surface area contributed by atoms with Crippen LogP contribution in [-0.2, 0) is 11.3 Å². The molecule has 2 saturated heterocycles. The Morgan fingerprint density at radius 3 is 2.71 bits per heavy atom. The normalized spacial score (nSPS) is 18.4. The number of ether oxygens (including phenoxy) is 1. The van der Waals surface area contributed by atoms with Crippen LogP contribution < -0.4 is 0 Å². The molecule has 1 spiro atoms.